The van der Waals surface area contributed by atoms with Crippen molar-refractivity contribution in [1.29, 1.82) is 0 Å². The molecule has 1 aliphatic heterocycles. The number of hydrogen-bond donors (Lipinski definition) is 1. The van der Waals surface area contributed by atoms with Crippen molar-refractivity contribution in [3.8, 4) is 11.4 Å². The van der Waals surface area contributed by atoms with Crippen LogP contribution in [0.1, 0.15) is 39.6 Å². The highest BCUT2D eigenvalue weighted by Gasteiger charge is 2.25. The molecule has 8 nitrogen and oxygen atoms in total. The number of rotatable bonds is 4. The van der Waals surface area contributed by atoms with Crippen LogP contribution in [0.5, 0.6) is 0 Å². The highest BCUT2D eigenvalue weighted by Crippen LogP contribution is 2.24. The molecule has 0 saturated carbocycles. The predicted molar refractivity (Wildman–Crippen MR) is 101 cm³/mol. The first-order chi connectivity index (χ1) is 13.6. The van der Waals surface area contributed by atoms with Crippen LogP contribution in [-0.4, -0.2) is 55.0 Å². The van der Waals surface area contributed by atoms with Gasteiger partial charge in [-0.3, -0.25) is 9.78 Å². The molecule has 8 heteroatoms. The van der Waals surface area contributed by atoms with E-state index < -0.39 is 5.97 Å². The smallest absolute Gasteiger partial charge is 0.335 e. The molecule has 1 aromatic carbocycles. The van der Waals surface area contributed by atoms with E-state index in [1.165, 1.54) is 18.3 Å². The number of likely N-dealkylation sites (tertiary alicyclic amines) is 1. The molecule has 1 fully saturated rings. The lowest BCUT2D eigenvalue weighted by Gasteiger charge is -2.31. The first kappa shape index (κ1) is 17.8. The van der Waals surface area contributed by atoms with Crippen molar-refractivity contribution in [1.82, 2.24) is 24.9 Å². The summed E-state index contributed by atoms with van der Waals surface area (Å²) in [7, 11) is 0. The second-order valence-corrected chi connectivity index (χ2v) is 6.71. The molecule has 3 aromatic rings. The Morgan fingerprint density at radius 3 is 2.46 bits per heavy atom. The zero-order valence-corrected chi connectivity index (χ0v) is 15.1. The lowest BCUT2D eigenvalue weighted by Crippen LogP contribution is -2.39. The number of carboxylic acid groups (broad SMARTS) is 1. The lowest BCUT2D eigenvalue weighted by molar-refractivity contribution is 0.0683. The minimum Gasteiger partial charge on any atom is -0.478 e. The fourth-order valence-corrected chi connectivity index (χ4v) is 3.37. The van der Waals surface area contributed by atoms with E-state index in [4.69, 9.17) is 5.11 Å². The van der Waals surface area contributed by atoms with Gasteiger partial charge in [0.25, 0.3) is 5.91 Å². The van der Waals surface area contributed by atoms with Crippen LogP contribution in [0, 0.1) is 0 Å². The van der Waals surface area contributed by atoms with Gasteiger partial charge in [0.1, 0.15) is 5.69 Å². The van der Waals surface area contributed by atoms with Gasteiger partial charge in [-0.15, -0.1) is 5.10 Å². The fourth-order valence-electron chi connectivity index (χ4n) is 3.37. The number of carbonyl (C=O) groups excluding carboxylic acids is 1. The Hall–Kier alpha value is -3.55. The van der Waals surface area contributed by atoms with Crippen LogP contribution in [-0.2, 0) is 0 Å². The van der Waals surface area contributed by atoms with Crippen LogP contribution in [0.25, 0.3) is 11.4 Å². The summed E-state index contributed by atoms with van der Waals surface area (Å²) in [6, 6.07) is 12.4. The van der Waals surface area contributed by atoms with E-state index in [2.05, 4.69) is 15.3 Å². The van der Waals surface area contributed by atoms with Gasteiger partial charge in [0.15, 0.2) is 0 Å². The fraction of sp³-hybridized carbons (Fsp3) is 0.250. The standard InChI is InChI=1S/C20H19N5O3/c26-19(14-4-2-1-3-5-14)24-10-7-16(8-11-24)25-13-18(22-23-25)17-12-15(20(27)28)6-9-21-17/h1-6,9,12-13,16H,7-8,10-11H2,(H,27,28). The number of aromatic carboxylic acids is 1. The normalized spacial score (nSPS) is 14.8. The Balaban J connectivity index is 1.43. The Morgan fingerprint density at radius 2 is 1.75 bits per heavy atom. The van der Waals surface area contributed by atoms with Gasteiger partial charge in [-0.05, 0) is 37.1 Å². The summed E-state index contributed by atoms with van der Waals surface area (Å²) >= 11 is 0. The molecule has 0 unspecified atom stereocenters. The Labute approximate surface area is 161 Å². The van der Waals surface area contributed by atoms with Crippen molar-refractivity contribution in [3.05, 3.63) is 66.0 Å². The number of benzene rings is 1. The molecule has 0 spiro atoms. The van der Waals surface area contributed by atoms with E-state index in [9.17, 15) is 9.59 Å². The number of nitrogens with zero attached hydrogens (tertiary/aromatic N) is 5. The van der Waals surface area contributed by atoms with Crippen LogP contribution in [0.15, 0.2) is 54.9 Å². The van der Waals surface area contributed by atoms with Crippen molar-refractivity contribution in [2.45, 2.75) is 18.9 Å². The molecule has 1 amide bonds. The first-order valence-corrected chi connectivity index (χ1v) is 9.07. The van der Waals surface area contributed by atoms with Gasteiger partial charge in [-0.1, -0.05) is 23.4 Å². The third kappa shape index (κ3) is 3.62. The summed E-state index contributed by atoms with van der Waals surface area (Å²) < 4.78 is 1.79. The predicted octanol–water partition coefficient (Wildman–Crippen LogP) is 2.52. The summed E-state index contributed by atoms with van der Waals surface area (Å²) in [4.78, 5) is 29.7. The van der Waals surface area contributed by atoms with Crippen molar-refractivity contribution < 1.29 is 14.7 Å². The zero-order valence-electron chi connectivity index (χ0n) is 15.1. The number of pyridine rings is 1. The van der Waals surface area contributed by atoms with E-state index >= 15 is 0 Å². The SMILES string of the molecule is O=C(O)c1ccnc(-c2cn(C3CCN(C(=O)c4ccccc4)CC3)nn2)c1. The minimum atomic E-state index is -1.01. The lowest BCUT2D eigenvalue weighted by atomic mass is 10.0. The average Bonchev–Trinajstić information content (AvgIpc) is 3.24. The van der Waals surface area contributed by atoms with E-state index in [0.717, 1.165) is 12.8 Å². The van der Waals surface area contributed by atoms with Gasteiger partial charge in [-0.25, -0.2) is 9.48 Å². The van der Waals surface area contributed by atoms with Crippen molar-refractivity contribution in [2.75, 3.05) is 13.1 Å². The van der Waals surface area contributed by atoms with Gasteiger partial charge < -0.3 is 10.0 Å². The zero-order chi connectivity index (χ0) is 19.5. The number of carboxylic acids is 1. The monoisotopic (exact) mass is 377 g/mol. The molecule has 4 rings (SSSR count). The van der Waals surface area contributed by atoms with Crippen molar-refractivity contribution in [2.24, 2.45) is 0 Å². The Morgan fingerprint density at radius 1 is 1.00 bits per heavy atom. The third-order valence-corrected chi connectivity index (χ3v) is 4.93. The topological polar surface area (TPSA) is 101 Å². The van der Waals surface area contributed by atoms with Crippen LogP contribution < -0.4 is 0 Å². The molecule has 142 valence electrons. The maximum atomic E-state index is 12.6. The van der Waals surface area contributed by atoms with Crippen LogP contribution in [0.4, 0.5) is 0 Å². The van der Waals surface area contributed by atoms with Crippen LogP contribution in [0.2, 0.25) is 0 Å². The number of hydrogen-bond acceptors (Lipinski definition) is 5. The summed E-state index contributed by atoms with van der Waals surface area (Å²) in [5, 5.41) is 17.5. The Kier molecular flexibility index (Phi) is 4.84. The molecule has 0 aliphatic carbocycles. The highest BCUT2D eigenvalue weighted by atomic mass is 16.4. The van der Waals surface area contributed by atoms with Crippen LogP contribution in [0.3, 0.4) is 0 Å². The number of aromatic nitrogens is 4. The molecule has 1 saturated heterocycles. The molecular formula is C20H19N5O3. The van der Waals surface area contributed by atoms with E-state index in [1.54, 1.807) is 10.9 Å². The molecule has 0 atom stereocenters. The average molecular weight is 377 g/mol. The van der Waals surface area contributed by atoms with Gasteiger partial charge in [0, 0.05) is 24.8 Å². The molecule has 1 N–H and O–H groups in total. The highest BCUT2D eigenvalue weighted by molar-refractivity contribution is 5.94. The van der Waals surface area contributed by atoms with Gasteiger partial charge in [0.2, 0.25) is 0 Å². The third-order valence-electron chi connectivity index (χ3n) is 4.93. The number of piperidine rings is 1. The summed E-state index contributed by atoms with van der Waals surface area (Å²) in [5.41, 5.74) is 1.87. The minimum absolute atomic E-state index is 0.0491. The van der Waals surface area contributed by atoms with Crippen LogP contribution >= 0.6 is 0 Å². The van der Waals surface area contributed by atoms with Crippen molar-refractivity contribution >= 4 is 11.9 Å². The molecule has 2 aromatic heterocycles. The van der Waals surface area contributed by atoms with Gasteiger partial charge in [-0.2, -0.15) is 0 Å². The number of amides is 1. The second-order valence-electron chi connectivity index (χ2n) is 6.71. The maximum Gasteiger partial charge on any atom is 0.335 e. The maximum absolute atomic E-state index is 12.6. The molecule has 1 aliphatic rings. The molecule has 3 heterocycles. The van der Waals surface area contributed by atoms with E-state index in [0.29, 0.717) is 30.0 Å². The van der Waals surface area contributed by atoms with E-state index in [1.807, 2.05) is 35.2 Å². The first-order valence-electron chi connectivity index (χ1n) is 9.07. The molecular weight excluding hydrogens is 358 g/mol. The quantitative estimate of drug-likeness (QED) is 0.750. The largest absolute Gasteiger partial charge is 0.478 e. The Bertz CT molecular complexity index is 994. The number of carbonyl (C=O) groups is 2. The molecule has 0 radical (unpaired) electrons. The summed E-state index contributed by atoms with van der Waals surface area (Å²) in [5.74, 6) is -0.959. The summed E-state index contributed by atoms with van der Waals surface area (Å²) in [6.45, 7) is 1.31. The molecule has 0 bridgehead atoms. The van der Waals surface area contributed by atoms with E-state index in [-0.39, 0.29) is 17.5 Å². The second kappa shape index (κ2) is 7.59. The van der Waals surface area contributed by atoms with Crippen molar-refractivity contribution in [3.63, 3.8) is 0 Å². The van der Waals surface area contributed by atoms with Gasteiger partial charge >= 0.3 is 5.97 Å². The van der Waals surface area contributed by atoms with Gasteiger partial charge in [0.05, 0.1) is 23.5 Å². The molecule has 28 heavy (non-hydrogen) atoms. The summed E-state index contributed by atoms with van der Waals surface area (Å²) in [6.07, 6.45) is 4.80.